The molecule has 24 heavy (non-hydrogen) atoms. The van der Waals surface area contributed by atoms with Gasteiger partial charge in [0.15, 0.2) is 0 Å². The van der Waals surface area contributed by atoms with Crippen LogP contribution in [0.2, 0.25) is 0 Å². The largest absolute Gasteiger partial charge is 0.412 e. The molecule has 3 aromatic rings. The number of aryl methyl sites for hydroxylation is 3. The van der Waals surface area contributed by atoms with E-state index in [-0.39, 0.29) is 0 Å². The molecule has 3 rings (SSSR count). The molecule has 3 aromatic carbocycles. The summed E-state index contributed by atoms with van der Waals surface area (Å²) in [5.41, 5.74) is 3.86. The van der Waals surface area contributed by atoms with Crippen LogP contribution in [-0.2, 0) is 0 Å². The molecular formula is C21H21BClP. The lowest BCUT2D eigenvalue weighted by atomic mass is 10.2. The van der Waals surface area contributed by atoms with Gasteiger partial charge < -0.3 is 11.5 Å². The molecule has 0 saturated carbocycles. The Morgan fingerprint density at radius 3 is 1.12 bits per heavy atom. The number of hydrogen-bond donors (Lipinski definition) is 0. The van der Waals surface area contributed by atoms with Gasteiger partial charge >= 0.3 is 0 Å². The van der Waals surface area contributed by atoms with E-state index in [9.17, 15) is 0 Å². The van der Waals surface area contributed by atoms with Crippen LogP contribution in [0.25, 0.3) is 0 Å². The zero-order valence-electron chi connectivity index (χ0n) is 14.3. The summed E-state index contributed by atoms with van der Waals surface area (Å²) in [7, 11) is -2.01. The van der Waals surface area contributed by atoms with Crippen LogP contribution in [0.5, 0.6) is 0 Å². The van der Waals surface area contributed by atoms with Crippen molar-refractivity contribution in [3.8, 4) is 0 Å². The lowest BCUT2D eigenvalue weighted by Crippen LogP contribution is -2.37. The van der Waals surface area contributed by atoms with Crippen molar-refractivity contribution in [2.45, 2.75) is 20.8 Å². The second-order valence-corrected chi connectivity index (χ2v) is 9.85. The van der Waals surface area contributed by atoms with Crippen molar-refractivity contribution >= 4 is 40.9 Å². The van der Waals surface area contributed by atoms with Crippen molar-refractivity contribution in [1.82, 2.24) is 0 Å². The van der Waals surface area contributed by atoms with Crippen LogP contribution in [0.4, 0.5) is 0 Å². The average molecular weight is 351 g/mol. The van der Waals surface area contributed by atoms with E-state index >= 15 is 0 Å². The molecule has 0 spiro atoms. The van der Waals surface area contributed by atoms with Gasteiger partial charge in [0.05, 0.1) is 22.3 Å². The van der Waals surface area contributed by atoms with Gasteiger partial charge in [0, 0.05) is 0 Å². The van der Waals surface area contributed by atoms with E-state index in [1.165, 1.54) is 32.6 Å². The predicted octanol–water partition coefficient (Wildman–Crippen LogP) is 4.68. The van der Waals surface area contributed by atoms with Crippen LogP contribution >= 0.6 is 18.6 Å². The lowest BCUT2D eigenvalue weighted by molar-refractivity contribution is 1.49. The van der Waals surface area contributed by atoms with Crippen LogP contribution < -0.4 is 15.9 Å². The van der Waals surface area contributed by atoms with E-state index in [4.69, 9.17) is 11.5 Å². The minimum Gasteiger partial charge on any atom is -0.412 e. The highest BCUT2D eigenvalue weighted by molar-refractivity contribution is 8.20. The molecule has 0 aliphatic heterocycles. The molecule has 0 aromatic heterocycles. The second-order valence-electron chi connectivity index (χ2n) is 6.18. The van der Waals surface area contributed by atoms with Crippen molar-refractivity contribution in [2.75, 3.05) is 0 Å². The number of halogens is 1. The monoisotopic (exact) mass is 350 g/mol. The molecule has 0 heterocycles. The highest BCUT2D eigenvalue weighted by Gasteiger charge is 2.37. The fourth-order valence-electron chi connectivity index (χ4n) is 3.42. The molecule has 0 aliphatic rings. The smallest absolute Gasteiger partial charge is 0.0588 e. The van der Waals surface area contributed by atoms with E-state index in [1.807, 2.05) is 6.41 Å². The Kier molecular flexibility index (Phi) is 5.14. The molecule has 0 atom stereocenters. The number of hydrogen-bond acceptors (Lipinski definition) is 0. The minimum atomic E-state index is -2.01. The Morgan fingerprint density at radius 1 is 0.583 bits per heavy atom. The summed E-state index contributed by atoms with van der Waals surface area (Å²) in [6, 6.07) is 25.9. The van der Waals surface area contributed by atoms with Crippen LogP contribution in [0.1, 0.15) is 16.7 Å². The first-order valence-electron chi connectivity index (χ1n) is 8.13. The molecule has 0 N–H and O–H groups in total. The summed E-state index contributed by atoms with van der Waals surface area (Å²) in [5.74, 6) is 0. The highest BCUT2D eigenvalue weighted by Crippen LogP contribution is 2.56. The minimum absolute atomic E-state index is 1.29. The van der Waals surface area contributed by atoms with Gasteiger partial charge in [-0.1, -0.05) is 61.7 Å². The molecule has 0 unspecified atom stereocenters. The van der Waals surface area contributed by atoms with Gasteiger partial charge in [0.2, 0.25) is 0 Å². The maximum atomic E-state index is 6.67. The van der Waals surface area contributed by atoms with Crippen molar-refractivity contribution in [3.63, 3.8) is 0 Å². The molecule has 2 radical (unpaired) electrons. The third-order valence-corrected chi connectivity index (χ3v) is 9.59. The molecule has 0 bridgehead atoms. The van der Waals surface area contributed by atoms with Crippen molar-refractivity contribution < 1.29 is 0 Å². The molecule has 120 valence electrons. The van der Waals surface area contributed by atoms with Gasteiger partial charge in [0.1, 0.15) is 0 Å². The first-order chi connectivity index (χ1) is 11.6. The zero-order chi connectivity index (χ0) is 17.2. The second kappa shape index (κ2) is 7.13. The number of benzene rings is 3. The number of rotatable bonds is 4. The first-order valence-corrected chi connectivity index (χ1v) is 10.4. The maximum absolute atomic E-state index is 6.67. The summed E-state index contributed by atoms with van der Waals surface area (Å²) >= 11 is 6.67. The van der Waals surface area contributed by atoms with Crippen LogP contribution in [0, 0.1) is 20.8 Å². The normalized spacial score (nSPS) is 11.5. The Hall–Kier alpha value is -1.56. The van der Waals surface area contributed by atoms with E-state index in [1.54, 1.807) is 0 Å². The van der Waals surface area contributed by atoms with E-state index in [0.717, 1.165) is 0 Å². The Balaban J connectivity index is 2.43. The van der Waals surface area contributed by atoms with Gasteiger partial charge in [-0.25, -0.2) is 0 Å². The SMILES string of the molecule is Cc1ccccc1[P+]([B-]Cl)(c1ccccc1C)c1ccccc1C. The quantitative estimate of drug-likeness (QED) is 0.473. The molecule has 0 saturated heterocycles. The van der Waals surface area contributed by atoms with Crippen molar-refractivity contribution in [3.05, 3.63) is 89.5 Å². The summed E-state index contributed by atoms with van der Waals surface area (Å²) in [5, 5.41) is 4.01. The van der Waals surface area contributed by atoms with E-state index < -0.39 is 7.14 Å². The Labute approximate surface area is 151 Å². The summed E-state index contributed by atoms with van der Waals surface area (Å²) in [6.45, 7) is 6.54. The third-order valence-electron chi connectivity index (χ3n) is 4.63. The van der Waals surface area contributed by atoms with Gasteiger partial charge in [-0.2, -0.15) is 0 Å². The molecule has 3 heteroatoms. The zero-order valence-corrected chi connectivity index (χ0v) is 16.0. The Bertz CT molecular complexity index is 749. The average Bonchev–Trinajstić information content (AvgIpc) is 2.60. The van der Waals surface area contributed by atoms with Crippen LogP contribution in [0.15, 0.2) is 72.8 Å². The summed E-state index contributed by atoms with van der Waals surface area (Å²) in [6.07, 6.45) is 1.94. The van der Waals surface area contributed by atoms with E-state index in [0.29, 0.717) is 0 Å². The van der Waals surface area contributed by atoms with Crippen LogP contribution in [-0.4, -0.2) is 6.41 Å². The Morgan fingerprint density at radius 2 is 0.875 bits per heavy atom. The maximum Gasteiger partial charge on any atom is 0.0588 e. The summed E-state index contributed by atoms with van der Waals surface area (Å²) in [4.78, 5) is 0. The van der Waals surface area contributed by atoms with Crippen molar-refractivity contribution in [2.24, 2.45) is 0 Å². The molecule has 0 nitrogen and oxygen atoms in total. The molecular weight excluding hydrogens is 329 g/mol. The van der Waals surface area contributed by atoms with Crippen molar-refractivity contribution in [1.29, 1.82) is 0 Å². The fraction of sp³-hybridized carbons (Fsp3) is 0.143. The van der Waals surface area contributed by atoms with Crippen LogP contribution in [0.3, 0.4) is 0 Å². The topological polar surface area (TPSA) is 0 Å². The van der Waals surface area contributed by atoms with Gasteiger partial charge in [-0.05, 0) is 55.7 Å². The van der Waals surface area contributed by atoms with E-state index in [2.05, 4.69) is 93.6 Å². The van der Waals surface area contributed by atoms with Gasteiger partial charge in [-0.3, -0.25) is 0 Å². The third kappa shape index (κ3) is 2.81. The van der Waals surface area contributed by atoms with Gasteiger partial charge in [-0.15, -0.1) is 0 Å². The predicted molar refractivity (Wildman–Crippen MR) is 111 cm³/mol. The lowest BCUT2D eigenvalue weighted by Gasteiger charge is -2.39. The van der Waals surface area contributed by atoms with Gasteiger partial charge in [0.25, 0.3) is 0 Å². The fourth-order valence-corrected chi connectivity index (χ4v) is 8.32. The summed E-state index contributed by atoms with van der Waals surface area (Å²) < 4.78 is 0. The molecule has 0 fully saturated rings. The molecule has 0 aliphatic carbocycles. The standard InChI is InChI=1S/C21H21BClP/c1-16-10-4-7-13-19(16)24(22-23,20-14-8-5-11-17(20)2)21-15-9-6-12-18(21)3/h4-15H,1-3H3. The first kappa shape index (κ1) is 17.3. The molecule has 0 amide bonds. The highest BCUT2D eigenvalue weighted by atomic mass is 35.5.